The lowest BCUT2D eigenvalue weighted by atomic mass is 10.1. The molecule has 1 aromatic heterocycles. The molecular weight excluding hydrogens is 392 g/mol. The molecule has 146 valence electrons. The van der Waals surface area contributed by atoms with Crippen LogP contribution in [-0.2, 0) is 0 Å². The highest BCUT2D eigenvalue weighted by Gasteiger charge is 2.13. The van der Waals surface area contributed by atoms with Crippen molar-refractivity contribution in [2.45, 2.75) is 0 Å². The third kappa shape index (κ3) is 3.40. The number of aromatic nitrogens is 1. The summed E-state index contributed by atoms with van der Waals surface area (Å²) >= 11 is 1.62. The highest BCUT2D eigenvalue weighted by atomic mass is 32.1. The highest BCUT2D eigenvalue weighted by Crippen LogP contribution is 2.35. The first-order valence-electron chi connectivity index (χ1n) is 9.55. The predicted molar refractivity (Wildman–Crippen MR) is 124 cm³/mol. The number of benzene rings is 4. The van der Waals surface area contributed by atoms with Crippen LogP contribution < -0.4 is 10.1 Å². The lowest BCUT2D eigenvalue weighted by molar-refractivity contribution is 0.102. The van der Waals surface area contributed by atoms with Gasteiger partial charge in [0, 0.05) is 11.1 Å². The van der Waals surface area contributed by atoms with Crippen LogP contribution in [0.4, 0.5) is 5.69 Å². The molecule has 0 radical (unpaired) electrons. The number of ether oxygens (including phenoxy) is 1. The maximum atomic E-state index is 12.9. The molecule has 0 aliphatic heterocycles. The molecule has 4 nitrogen and oxygen atoms in total. The van der Waals surface area contributed by atoms with Crippen molar-refractivity contribution in [2.75, 3.05) is 12.4 Å². The van der Waals surface area contributed by atoms with Crippen molar-refractivity contribution in [3.63, 3.8) is 0 Å². The molecule has 0 atom stereocenters. The molecule has 4 aromatic carbocycles. The van der Waals surface area contributed by atoms with Crippen LogP contribution in [0.5, 0.6) is 5.75 Å². The number of carbonyl (C=O) groups excluding carboxylic acids is 1. The van der Waals surface area contributed by atoms with Crippen molar-refractivity contribution in [2.24, 2.45) is 0 Å². The maximum Gasteiger partial charge on any atom is 0.255 e. The van der Waals surface area contributed by atoms with E-state index in [2.05, 4.69) is 11.4 Å². The third-order valence-corrected chi connectivity index (χ3v) is 6.09. The lowest BCUT2D eigenvalue weighted by Gasteiger charge is -2.12. The fraction of sp³-hybridized carbons (Fsp3) is 0.0400. The van der Waals surface area contributed by atoms with E-state index < -0.39 is 0 Å². The summed E-state index contributed by atoms with van der Waals surface area (Å²) in [5.74, 6) is 0.425. The zero-order valence-electron chi connectivity index (χ0n) is 16.3. The van der Waals surface area contributed by atoms with Gasteiger partial charge >= 0.3 is 0 Å². The van der Waals surface area contributed by atoms with Crippen LogP contribution in [0.2, 0.25) is 0 Å². The van der Waals surface area contributed by atoms with Gasteiger partial charge in [0.25, 0.3) is 5.91 Å². The van der Waals surface area contributed by atoms with Crippen molar-refractivity contribution >= 4 is 43.9 Å². The summed E-state index contributed by atoms with van der Waals surface area (Å²) in [6, 6.07) is 27.5. The van der Waals surface area contributed by atoms with E-state index in [4.69, 9.17) is 9.72 Å². The Balaban J connectivity index is 1.49. The summed E-state index contributed by atoms with van der Waals surface area (Å²) in [6.45, 7) is 0. The molecule has 0 spiro atoms. The largest absolute Gasteiger partial charge is 0.495 e. The van der Waals surface area contributed by atoms with Crippen molar-refractivity contribution in [1.29, 1.82) is 0 Å². The lowest BCUT2D eigenvalue weighted by Crippen LogP contribution is -2.12. The van der Waals surface area contributed by atoms with E-state index in [1.54, 1.807) is 18.4 Å². The van der Waals surface area contributed by atoms with Gasteiger partial charge < -0.3 is 10.1 Å². The van der Waals surface area contributed by atoms with Gasteiger partial charge in [-0.1, -0.05) is 42.5 Å². The number of para-hydroxylation sites is 1. The summed E-state index contributed by atoms with van der Waals surface area (Å²) < 4.78 is 6.60. The minimum absolute atomic E-state index is 0.180. The first-order valence-corrected chi connectivity index (χ1v) is 10.4. The fourth-order valence-corrected chi connectivity index (χ4v) is 4.42. The zero-order chi connectivity index (χ0) is 20.5. The summed E-state index contributed by atoms with van der Waals surface area (Å²) in [5.41, 5.74) is 3.12. The first-order chi connectivity index (χ1) is 14.7. The fourth-order valence-electron chi connectivity index (χ4n) is 3.46. The van der Waals surface area contributed by atoms with Gasteiger partial charge in [-0.3, -0.25) is 4.79 Å². The van der Waals surface area contributed by atoms with Gasteiger partial charge in [-0.2, -0.15) is 0 Å². The number of methoxy groups -OCH3 is 1. The van der Waals surface area contributed by atoms with Gasteiger partial charge in [-0.15, -0.1) is 11.3 Å². The number of thiazole rings is 1. The highest BCUT2D eigenvalue weighted by molar-refractivity contribution is 7.21. The van der Waals surface area contributed by atoms with E-state index in [1.807, 2.05) is 78.9 Å². The number of hydrogen-bond acceptors (Lipinski definition) is 4. The molecule has 5 heteroatoms. The van der Waals surface area contributed by atoms with Crippen LogP contribution in [0.3, 0.4) is 0 Å². The number of nitrogens with one attached hydrogen (secondary N) is 1. The average molecular weight is 410 g/mol. The second-order valence-electron chi connectivity index (χ2n) is 6.92. The SMILES string of the molecule is COc1ccc(-c2nc3ccccc3s2)cc1NC(=O)c1ccc2ccccc2c1. The summed E-state index contributed by atoms with van der Waals surface area (Å²) in [6.07, 6.45) is 0. The Morgan fingerprint density at radius 2 is 1.70 bits per heavy atom. The molecular formula is C25H18N2O2S. The van der Waals surface area contributed by atoms with Crippen molar-refractivity contribution in [3.05, 3.63) is 90.5 Å². The zero-order valence-corrected chi connectivity index (χ0v) is 17.1. The topological polar surface area (TPSA) is 51.2 Å². The van der Waals surface area contributed by atoms with E-state index in [0.29, 0.717) is 17.0 Å². The molecule has 0 aliphatic carbocycles. The Labute approximate surface area is 177 Å². The van der Waals surface area contributed by atoms with Gasteiger partial charge in [-0.25, -0.2) is 4.98 Å². The number of hydrogen-bond donors (Lipinski definition) is 1. The molecule has 1 amide bonds. The number of amides is 1. The Morgan fingerprint density at radius 3 is 2.53 bits per heavy atom. The minimum atomic E-state index is -0.180. The predicted octanol–water partition coefficient (Wildman–Crippen LogP) is 6.38. The molecule has 0 unspecified atom stereocenters. The molecule has 0 fully saturated rings. The number of anilines is 1. The number of rotatable bonds is 4. The standard InChI is InChI=1S/C25H18N2O2S/c1-29-22-13-12-19(25-27-20-8-4-5-9-23(20)30-25)15-21(22)26-24(28)18-11-10-16-6-2-3-7-17(16)14-18/h2-15H,1H3,(H,26,28). The van der Waals surface area contributed by atoms with Gasteiger partial charge in [-0.05, 0) is 53.2 Å². The van der Waals surface area contributed by atoms with E-state index in [0.717, 1.165) is 31.6 Å². The summed E-state index contributed by atoms with van der Waals surface area (Å²) in [4.78, 5) is 17.7. The van der Waals surface area contributed by atoms with Crippen LogP contribution in [-0.4, -0.2) is 18.0 Å². The smallest absolute Gasteiger partial charge is 0.255 e. The number of fused-ring (bicyclic) bond motifs is 2. The second kappa shape index (κ2) is 7.61. The minimum Gasteiger partial charge on any atom is -0.495 e. The van der Waals surface area contributed by atoms with Gasteiger partial charge in [0.2, 0.25) is 0 Å². The first kappa shape index (κ1) is 18.3. The quantitative estimate of drug-likeness (QED) is 0.374. The van der Waals surface area contributed by atoms with Crippen LogP contribution in [0, 0.1) is 0 Å². The molecule has 0 bridgehead atoms. The van der Waals surface area contributed by atoms with E-state index >= 15 is 0 Å². The Hall–Kier alpha value is -3.70. The van der Waals surface area contributed by atoms with Gasteiger partial charge in [0.1, 0.15) is 10.8 Å². The van der Waals surface area contributed by atoms with Crippen LogP contribution in [0.15, 0.2) is 84.9 Å². The molecule has 5 aromatic rings. The van der Waals surface area contributed by atoms with Gasteiger partial charge in [0.15, 0.2) is 0 Å². The van der Waals surface area contributed by atoms with Crippen LogP contribution in [0.1, 0.15) is 10.4 Å². The summed E-state index contributed by atoms with van der Waals surface area (Å²) in [5, 5.41) is 6.03. The Kier molecular flexibility index (Phi) is 4.65. The molecule has 0 saturated heterocycles. The molecule has 1 heterocycles. The second-order valence-corrected chi connectivity index (χ2v) is 7.95. The van der Waals surface area contributed by atoms with Crippen molar-refractivity contribution < 1.29 is 9.53 Å². The average Bonchev–Trinajstić information content (AvgIpc) is 3.23. The normalized spacial score (nSPS) is 11.0. The van der Waals surface area contributed by atoms with Crippen LogP contribution in [0.25, 0.3) is 31.6 Å². The van der Waals surface area contributed by atoms with Crippen LogP contribution >= 0.6 is 11.3 Å². The molecule has 1 N–H and O–H groups in total. The maximum absolute atomic E-state index is 12.9. The van der Waals surface area contributed by atoms with E-state index in [9.17, 15) is 4.79 Å². The third-order valence-electron chi connectivity index (χ3n) is 5.00. The molecule has 0 saturated carbocycles. The van der Waals surface area contributed by atoms with Gasteiger partial charge in [0.05, 0.1) is 23.0 Å². The van der Waals surface area contributed by atoms with Crippen molar-refractivity contribution in [1.82, 2.24) is 4.98 Å². The molecule has 0 aliphatic rings. The molecule has 30 heavy (non-hydrogen) atoms. The number of carbonyl (C=O) groups is 1. The van der Waals surface area contributed by atoms with E-state index in [-0.39, 0.29) is 5.91 Å². The molecule has 5 rings (SSSR count). The number of nitrogens with zero attached hydrogens (tertiary/aromatic N) is 1. The monoisotopic (exact) mass is 410 g/mol. The van der Waals surface area contributed by atoms with Crippen molar-refractivity contribution in [3.8, 4) is 16.3 Å². The summed E-state index contributed by atoms with van der Waals surface area (Å²) in [7, 11) is 1.60. The Morgan fingerprint density at radius 1 is 0.900 bits per heavy atom. The Bertz CT molecular complexity index is 1360. The van der Waals surface area contributed by atoms with E-state index in [1.165, 1.54) is 0 Å².